The first-order valence-corrected chi connectivity index (χ1v) is 7.12. The van der Waals surface area contributed by atoms with E-state index in [1.54, 1.807) is 34.3 Å². The quantitative estimate of drug-likeness (QED) is 0.868. The third-order valence-corrected chi connectivity index (χ3v) is 4.03. The molecule has 1 atom stereocenters. The summed E-state index contributed by atoms with van der Waals surface area (Å²) in [7, 11) is 4.67. The van der Waals surface area contributed by atoms with Crippen molar-refractivity contribution >= 4 is 0 Å². The van der Waals surface area contributed by atoms with Gasteiger partial charge >= 0.3 is 0 Å². The van der Waals surface area contributed by atoms with E-state index in [0.717, 1.165) is 11.1 Å². The van der Waals surface area contributed by atoms with Crippen LogP contribution < -0.4 is 18.9 Å². The Hall–Kier alpha value is -2.87. The summed E-state index contributed by atoms with van der Waals surface area (Å²) in [5.74, 6) is 2.15. The van der Waals surface area contributed by atoms with Gasteiger partial charge in [-0.15, -0.1) is 0 Å². The highest BCUT2D eigenvalue weighted by Gasteiger charge is 2.40. The number of nitriles is 1. The average molecular weight is 311 g/mol. The van der Waals surface area contributed by atoms with Gasteiger partial charge in [0.15, 0.2) is 11.5 Å². The number of benzene rings is 2. The third kappa shape index (κ3) is 2.07. The fraction of sp³-hybridized carbons (Fsp3) is 0.278. The molecule has 1 heterocycles. The molecule has 0 aliphatic carbocycles. The van der Waals surface area contributed by atoms with Gasteiger partial charge in [-0.25, -0.2) is 0 Å². The zero-order valence-electron chi connectivity index (χ0n) is 13.5. The van der Waals surface area contributed by atoms with Gasteiger partial charge in [-0.3, -0.25) is 0 Å². The van der Waals surface area contributed by atoms with Crippen molar-refractivity contribution in [3.63, 3.8) is 0 Å². The smallest absolute Gasteiger partial charge is 0.217 e. The summed E-state index contributed by atoms with van der Waals surface area (Å²) < 4.78 is 22.4. The van der Waals surface area contributed by atoms with Gasteiger partial charge in [0.05, 0.1) is 21.3 Å². The molecule has 0 saturated carbocycles. The average Bonchev–Trinajstić information content (AvgIpc) is 2.59. The number of methoxy groups -OCH3 is 3. The van der Waals surface area contributed by atoms with Gasteiger partial charge in [-0.1, -0.05) is 18.2 Å². The second kappa shape index (κ2) is 5.40. The van der Waals surface area contributed by atoms with Gasteiger partial charge in [-0.2, -0.15) is 5.26 Å². The van der Waals surface area contributed by atoms with E-state index in [9.17, 15) is 5.26 Å². The number of hydrogen-bond acceptors (Lipinski definition) is 5. The molecule has 0 aromatic heterocycles. The standard InChI is InChI=1S/C18H17NO4/c1-18(10-19)12-9-14(20-2)16(21-3)17(22-4)15(12)11-7-5-6-8-13(11)23-18/h5-9H,1-4H3. The van der Waals surface area contributed by atoms with Gasteiger partial charge in [-0.05, 0) is 19.1 Å². The molecule has 1 aliphatic heterocycles. The summed E-state index contributed by atoms with van der Waals surface area (Å²) in [4.78, 5) is 0. The number of fused-ring (bicyclic) bond motifs is 3. The van der Waals surface area contributed by atoms with Crippen LogP contribution in [0.15, 0.2) is 30.3 Å². The van der Waals surface area contributed by atoms with E-state index in [1.165, 1.54) is 0 Å². The number of nitrogens with zero attached hydrogens (tertiary/aromatic N) is 1. The first kappa shape index (κ1) is 15.0. The van der Waals surface area contributed by atoms with E-state index in [-0.39, 0.29) is 0 Å². The Labute approximate surface area is 135 Å². The molecule has 3 rings (SSSR count). The maximum absolute atomic E-state index is 9.69. The minimum atomic E-state index is -1.14. The predicted octanol–water partition coefficient (Wildman–Crippen LogP) is 3.51. The van der Waals surface area contributed by atoms with Crippen LogP contribution in [0.25, 0.3) is 11.1 Å². The van der Waals surface area contributed by atoms with Crippen molar-refractivity contribution in [2.45, 2.75) is 12.5 Å². The second-order valence-corrected chi connectivity index (χ2v) is 5.31. The zero-order valence-corrected chi connectivity index (χ0v) is 13.5. The number of rotatable bonds is 3. The van der Waals surface area contributed by atoms with Gasteiger partial charge < -0.3 is 18.9 Å². The van der Waals surface area contributed by atoms with Crippen LogP contribution in [0.4, 0.5) is 0 Å². The molecule has 0 bridgehead atoms. The van der Waals surface area contributed by atoms with Gasteiger partial charge in [0.2, 0.25) is 11.4 Å². The molecule has 5 heteroatoms. The first-order chi connectivity index (χ1) is 11.1. The molecule has 0 amide bonds. The highest BCUT2D eigenvalue weighted by atomic mass is 16.5. The molecule has 0 N–H and O–H groups in total. The van der Waals surface area contributed by atoms with Crippen LogP contribution in [-0.2, 0) is 5.60 Å². The van der Waals surface area contributed by atoms with Crippen LogP contribution in [0.3, 0.4) is 0 Å². The summed E-state index contributed by atoms with van der Waals surface area (Å²) >= 11 is 0. The minimum Gasteiger partial charge on any atom is -0.493 e. The number of hydrogen-bond donors (Lipinski definition) is 0. The number of para-hydroxylation sites is 1. The van der Waals surface area contributed by atoms with E-state index in [0.29, 0.717) is 28.6 Å². The summed E-state index contributed by atoms with van der Waals surface area (Å²) in [6.07, 6.45) is 0. The summed E-state index contributed by atoms with van der Waals surface area (Å²) in [5.41, 5.74) is 1.19. The van der Waals surface area contributed by atoms with Crippen molar-refractivity contribution in [1.82, 2.24) is 0 Å². The molecular weight excluding hydrogens is 294 g/mol. The maximum atomic E-state index is 9.69. The van der Waals surface area contributed by atoms with Crippen molar-refractivity contribution in [2.75, 3.05) is 21.3 Å². The van der Waals surface area contributed by atoms with E-state index in [1.807, 2.05) is 24.3 Å². The monoisotopic (exact) mass is 311 g/mol. The van der Waals surface area contributed by atoms with Gasteiger partial charge in [0.25, 0.3) is 0 Å². The molecule has 1 aliphatic rings. The highest BCUT2D eigenvalue weighted by molar-refractivity contribution is 5.86. The zero-order chi connectivity index (χ0) is 16.6. The van der Waals surface area contributed by atoms with Crippen LogP contribution >= 0.6 is 0 Å². The Morgan fingerprint density at radius 1 is 1.04 bits per heavy atom. The van der Waals surface area contributed by atoms with Crippen LogP contribution in [-0.4, -0.2) is 21.3 Å². The summed E-state index contributed by atoms with van der Waals surface area (Å²) in [6.45, 7) is 1.73. The van der Waals surface area contributed by atoms with Crippen LogP contribution in [0.2, 0.25) is 0 Å². The van der Waals surface area contributed by atoms with E-state index >= 15 is 0 Å². The Balaban J connectivity index is 2.46. The number of ether oxygens (including phenoxy) is 4. The third-order valence-electron chi connectivity index (χ3n) is 4.03. The van der Waals surface area contributed by atoms with E-state index in [4.69, 9.17) is 18.9 Å². The van der Waals surface area contributed by atoms with E-state index < -0.39 is 5.60 Å². The Morgan fingerprint density at radius 2 is 1.74 bits per heavy atom. The fourth-order valence-electron chi connectivity index (χ4n) is 2.92. The predicted molar refractivity (Wildman–Crippen MR) is 85.1 cm³/mol. The van der Waals surface area contributed by atoms with Crippen molar-refractivity contribution in [1.29, 1.82) is 5.26 Å². The SMILES string of the molecule is COc1cc2c(c(OC)c1OC)-c1ccccc1OC2(C)C#N. The Bertz CT molecular complexity index is 809. The molecule has 0 saturated heterocycles. The lowest BCUT2D eigenvalue weighted by molar-refractivity contribution is 0.145. The Morgan fingerprint density at radius 3 is 2.35 bits per heavy atom. The fourth-order valence-corrected chi connectivity index (χ4v) is 2.92. The molecule has 0 spiro atoms. The second-order valence-electron chi connectivity index (χ2n) is 5.31. The molecule has 5 nitrogen and oxygen atoms in total. The molecule has 0 fully saturated rings. The summed E-state index contributed by atoms with van der Waals surface area (Å²) in [6, 6.07) is 11.6. The lowest BCUT2D eigenvalue weighted by atomic mass is 9.84. The van der Waals surface area contributed by atoms with Gasteiger partial charge in [0.1, 0.15) is 11.8 Å². The van der Waals surface area contributed by atoms with E-state index in [2.05, 4.69) is 6.07 Å². The Kier molecular flexibility index (Phi) is 3.53. The van der Waals surface area contributed by atoms with Crippen molar-refractivity contribution in [3.8, 4) is 40.2 Å². The first-order valence-electron chi connectivity index (χ1n) is 7.12. The van der Waals surface area contributed by atoms with Crippen LogP contribution in [0, 0.1) is 11.3 Å². The van der Waals surface area contributed by atoms with Crippen LogP contribution in [0.5, 0.6) is 23.0 Å². The topological polar surface area (TPSA) is 60.7 Å². The van der Waals surface area contributed by atoms with Crippen molar-refractivity contribution in [3.05, 3.63) is 35.9 Å². The molecule has 23 heavy (non-hydrogen) atoms. The van der Waals surface area contributed by atoms with Crippen LogP contribution in [0.1, 0.15) is 12.5 Å². The summed E-state index contributed by atoms with van der Waals surface area (Å²) in [5, 5.41) is 9.69. The molecule has 2 aromatic rings. The normalized spacial score (nSPS) is 18.0. The minimum absolute atomic E-state index is 0.491. The lowest BCUT2D eigenvalue weighted by Crippen LogP contribution is -2.31. The molecule has 118 valence electrons. The van der Waals surface area contributed by atoms with Gasteiger partial charge in [0, 0.05) is 16.7 Å². The largest absolute Gasteiger partial charge is 0.493 e. The highest BCUT2D eigenvalue weighted by Crippen LogP contribution is 2.54. The molecule has 1 unspecified atom stereocenters. The molecule has 0 radical (unpaired) electrons. The molecule has 2 aromatic carbocycles. The maximum Gasteiger partial charge on any atom is 0.217 e. The van der Waals surface area contributed by atoms with Crippen molar-refractivity contribution < 1.29 is 18.9 Å². The van der Waals surface area contributed by atoms with Crippen molar-refractivity contribution in [2.24, 2.45) is 0 Å². The lowest BCUT2D eigenvalue weighted by Gasteiger charge is -2.34. The molecular formula is C18H17NO4.